The van der Waals surface area contributed by atoms with Crippen LogP contribution in [0.5, 0.6) is 0 Å². The normalized spacial score (nSPS) is 18.2. The molecule has 0 aromatic heterocycles. The lowest BCUT2D eigenvalue weighted by Crippen LogP contribution is -2.61. The van der Waals surface area contributed by atoms with Crippen molar-refractivity contribution >= 4 is 23.9 Å². The third-order valence-corrected chi connectivity index (χ3v) is 14.6. The highest BCUT2D eigenvalue weighted by Gasteiger charge is 2.50. The molecule has 0 aromatic rings. The summed E-state index contributed by atoms with van der Waals surface area (Å²) in [5, 5.41) is 31.6. The van der Waals surface area contributed by atoms with Crippen LogP contribution in [0, 0.1) is 0 Å². The van der Waals surface area contributed by atoms with E-state index in [2.05, 4.69) is 81.5 Å². The summed E-state index contributed by atoms with van der Waals surface area (Å²) < 4.78 is 28.5. The van der Waals surface area contributed by atoms with E-state index in [0.29, 0.717) is 19.3 Å². The van der Waals surface area contributed by atoms with Crippen molar-refractivity contribution in [3.63, 3.8) is 0 Å². The van der Waals surface area contributed by atoms with E-state index in [1.54, 1.807) is 0 Å². The Balaban J connectivity index is 2.63. The van der Waals surface area contributed by atoms with Crippen LogP contribution in [0.2, 0.25) is 0 Å². The third-order valence-electron chi connectivity index (χ3n) is 14.6. The highest BCUT2D eigenvalue weighted by Crippen LogP contribution is 2.27. The molecule has 12 nitrogen and oxygen atoms in total. The largest absolute Gasteiger partial charge is 0.479 e. The monoisotopic (exact) mass is 1110 g/mol. The van der Waals surface area contributed by atoms with Gasteiger partial charge in [-0.25, -0.2) is 4.79 Å². The minimum Gasteiger partial charge on any atom is -0.479 e. The van der Waals surface area contributed by atoms with E-state index in [1.165, 1.54) is 135 Å². The van der Waals surface area contributed by atoms with Gasteiger partial charge < -0.3 is 39.0 Å². The molecule has 456 valence electrons. The standard InChI is InChI=1S/C67H116O12/c1-4-7-10-13-16-19-22-24-26-28-30-32-34-36-39-41-44-47-50-53-59(68)75-56-58(77-60(69)54-51-48-45-42-38-21-18-15-12-9-6-3)57-76-67-65(63(72)62(71)64(79-67)66(73)74)78-61(70)55-52-49-46-43-40-37-35-33-31-29-27-25-23-20-17-14-11-8-5-2/h7,10,16,19,24,26,30,32,36,39,58,62-65,67,71-72H,4-6,8-9,11-15,17-18,20-23,25,27-29,31,33-35,37-38,40-57H2,1-3H3,(H,73,74)/b10-7-,19-16-,26-24-,32-30-,39-36-. The Morgan fingerprint density at radius 3 is 1.22 bits per heavy atom. The predicted molar refractivity (Wildman–Crippen MR) is 322 cm³/mol. The molecular weight excluding hydrogens is 997 g/mol. The molecule has 1 rings (SSSR count). The first-order valence-electron chi connectivity index (χ1n) is 32.3. The number of carbonyl (C=O) groups excluding carboxylic acids is 3. The summed E-state index contributed by atoms with van der Waals surface area (Å²) in [5.74, 6) is -3.14. The summed E-state index contributed by atoms with van der Waals surface area (Å²) in [5.41, 5.74) is 0. The van der Waals surface area contributed by atoms with Crippen molar-refractivity contribution in [1.29, 1.82) is 0 Å². The molecule has 0 aliphatic carbocycles. The molecule has 0 bridgehead atoms. The third kappa shape index (κ3) is 44.7. The second kappa shape index (κ2) is 55.0. The minimum absolute atomic E-state index is 0.0614. The molecule has 6 unspecified atom stereocenters. The number of hydrogen-bond acceptors (Lipinski definition) is 11. The van der Waals surface area contributed by atoms with Crippen LogP contribution < -0.4 is 0 Å². The van der Waals surface area contributed by atoms with Crippen molar-refractivity contribution < 1.29 is 58.2 Å². The Morgan fingerprint density at radius 2 is 0.797 bits per heavy atom. The lowest BCUT2D eigenvalue weighted by Gasteiger charge is -2.40. The van der Waals surface area contributed by atoms with E-state index in [-0.39, 0.29) is 25.9 Å². The molecule has 1 saturated heterocycles. The second-order valence-electron chi connectivity index (χ2n) is 22.0. The number of rotatable bonds is 55. The quantitative estimate of drug-likeness (QED) is 0.0228. The number of ether oxygens (including phenoxy) is 5. The second-order valence-corrected chi connectivity index (χ2v) is 22.0. The number of allylic oxidation sites excluding steroid dienone is 10. The summed E-state index contributed by atoms with van der Waals surface area (Å²) in [4.78, 5) is 51.2. The van der Waals surface area contributed by atoms with Crippen LogP contribution in [-0.2, 0) is 42.9 Å². The van der Waals surface area contributed by atoms with Gasteiger partial charge in [0.15, 0.2) is 24.6 Å². The molecule has 1 fully saturated rings. The number of esters is 3. The van der Waals surface area contributed by atoms with Gasteiger partial charge in [-0.15, -0.1) is 0 Å². The fourth-order valence-corrected chi connectivity index (χ4v) is 9.69. The van der Waals surface area contributed by atoms with Gasteiger partial charge in [-0.05, 0) is 64.2 Å². The average Bonchev–Trinajstić information content (AvgIpc) is 3.48. The van der Waals surface area contributed by atoms with Gasteiger partial charge in [0, 0.05) is 19.3 Å². The number of aliphatic hydroxyl groups is 2. The van der Waals surface area contributed by atoms with Crippen LogP contribution in [0.15, 0.2) is 60.8 Å². The molecule has 0 saturated carbocycles. The van der Waals surface area contributed by atoms with Gasteiger partial charge in [-0.1, -0.05) is 268 Å². The minimum atomic E-state index is -1.91. The maximum Gasteiger partial charge on any atom is 0.335 e. The van der Waals surface area contributed by atoms with Gasteiger partial charge in [0.2, 0.25) is 0 Å². The average molecular weight is 1110 g/mol. The van der Waals surface area contributed by atoms with E-state index in [0.717, 1.165) is 96.3 Å². The summed E-state index contributed by atoms with van der Waals surface area (Å²) in [6.45, 7) is 5.88. The zero-order chi connectivity index (χ0) is 57.5. The van der Waals surface area contributed by atoms with Gasteiger partial charge in [0.1, 0.15) is 18.8 Å². The molecule has 3 N–H and O–H groups in total. The summed E-state index contributed by atoms with van der Waals surface area (Å²) in [6, 6.07) is 0. The highest BCUT2D eigenvalue weighted by atomic mass is 16.7. The molecule has 1 aliphatic rings. The zero-order valence-electron chi connectivity index (χ0n) is 50.4. The van der Waals surface area contributed by atoms with E-state index in [1.807, 2.05) is 0 Å². The molecule has 12 heteroatoms. The summed E-state index contributed by atoms with van der Waals surface area (Å²) in [7, 11) is 0. The van der Waals surface area contributed by atoms with E-state index in [9.17, 15) is 34.5 Å². The first-order valence-corrected chi connectivity index (χ1v) is 32.3. The van der Waals surface area contributed by atoms with Gasteiger partial charge in [0.05, 0.1) is 6.61 Å². The first kappa shape index (κ1) is 73.4. The van der Waals surface area contributed by atoms with Gasteiger partial charge in [-0.2, -0.15) is 0 Å². The van der Waals surface area contributed by atoms with Crippen molar-refractivity contribution in [2.45, 2.75) is 327 Å². The van der Waals surface area contributed by atoms with Crippen LogP contribution in [0.25, 0.3) is 0 Å². The number of carboxylic acid groups (broad SMARTS) is 1. The van der Waals surface area contributed by atoms with Crippen LogP contribution in [0.3, 0.4) is 0 Å². The van der Waals surface area contributed by atoms with Gasteiger partial charge in [0.25, 0.3) is 0 Å². The fourth-order valence-electron chi connectivity index (χ4n) is 9.69. The molecule has 1 heterocycles. The van der Waals surface area contributed by atoms with E-state index in [4.69, 9.17) is 23.7 Å². The van der Waals surface area contributed by atoms with Crippen LogP contribution in [0.4, 0.5) is 0 Å². The van der Waals surface area contributed by atoms with Gasteiger partial charge in [-0.3, -0.25) is 14.4 Å². The lowest BCUT2D eigenvalue weighted by molar-refractivity contribution is -0.301. The SMILES string of the molecule is CC/C=C\C/C=C\C/C=C\C/C=C\C/C=C\CCCCCC(=O)OCC(COC1OC(C(=O)O)C(O)C(O)C1OC(=O)CCCCCCCCCCCCCCCCCCCCC)OC(=O)CCCCCCCCCCCCC. The number of carbonyl (C=O) groups is 4. The Morgan fingerprint density at radius 1 is 0.430 bits per heavy atom. The van der Waals surface area contributed by atoms with Crippen molar-refractivity contribution in [2.24, 2.45) is 0 Å². The van der Waals surface area contributed by atoms with Crippen molar-refractivity contribution in [3.05, 3.63) is 60.8 Å². The number of hydrogen-bond donors (Lipinski definition) is 3. The molecule has 0 amide bonds. The predicted octanol–water partition coefficient (Wildman–Crippen LogP) is 17.1. The lowest BCUT2D eigenvalue weighted by atomic mass is 9.98. The number of unbranched alkanes of at least 4 members (excludes halogenated alkanes) is 31. The number of aliphatic carboxylic acids is 1. The number of aliphatic hydroxyl groups excluding tert-OH is 2. The molecule has 0 aromatic carbocycles. The zero-order valence-corrected chi connectivity index (χ0v) is 50.4. The molecular formula is C67H116O12. The fraction of sp³-hybridized carbons (Fsp3) is 0.791. The smallest absolute Gasteiger partial charge is 0.335 e. The van der Waals surface area contributed by atoms with E-state index >= 15 is 0 Å². The first-order chi connectivity index (χ1) is 38.6. The Labute approximate surface area is 481 Å². The topological polar surface area (TPSA) is 175 Å². The van der Waals surface area contributed by atoms with Crippen LogP contribution >= 0.6 is 0 Å². The van der Waals surface area contributed by atoms with Crippen LogP contribution in [-0.4, -0.2) is 89.2 Å². The van der Waals surface area contributed by atoms with Crippen molar-refractivity contribution in [2.75, 3.05) is 13.2 Å². The Kier molecular flexibility index (Phi) is 51.1. The Hall–Kier alpha value is -3.58. The number of carboxylic acids is 1. The van der Waals surface area contributed by atoms with Crippen molar-refractivity contribution in [1.82, 2.24) is 0 Å². The molecule has 6 atom stereocenters. The van der Waals surface area contributed by atoms with Crippen molar-refractivity contribution in [3.8, 4) is 0 Å². The van der Waals surface area contributed by atoms with Crippen LogP contribution in [0.1, 0.15) is 290 Å². The summed E-state index contributed by atoms with van der Waals surface area (Å²) in [6.07, 6.45) is 56.2. The molecule has 79 heavy (non-hydrogen) atoms. The Bertz CT molecular complexity index is 1600. The van der Waals surface area contributed by atoms with Gasteiger partial charge >= 0.3 is 23.9 Å². The molecule has 0 radical (unpaired) electrons. The molecule has 1 aliphatic heterocycles. The highest BCUT2D eigenvalue weighted by molar-refractivity contribution is 5.74. The maximum absolute atomic E-state index is 13.1. The summed E-state index contributed by atoms with van der Waals surface area (Å²) >= 11 is 0. The van der Waals surface area contributed by atoms with E-state index < -0.39 is 67.3 Å². The maximum atomic E-state index is 13.1. The molecule has 0 spiro atoms.